The summed E-state index contributed by atoms with van der Waals surface area (Å²) in [6.07, 6.45) is 2.01. The molecule has 0 saturated carbocycles. The van der Waals surface area contributed by atoms with Crippen molar-refractivity contribution >= 4 is 56.5 Å². The molecule has 0 fully saturated rings. The summed E-state index contributed by atoms with van der Waals surface area (Å²) in [5.74, 6) is 0. The van der Waals surface area contributed by atoms with Crippen LogP contribution >= 0.6 is 0 Å². The summed E-state index contributed by atoms with van der Waals surface area (Å²) >= 11 is 0. The number of rotatable bonds is 5. The first kappa shape index (κ1) is 21.1. The molecule has 0 saturated heterocycles. The van der Waals surface area contributed by atoms with Crippen LogP contribution < -0.4 is 16.4 Å². The van der Waals surface area contributed by atoms with Crippen LogP contribution in [0.4, 0.5) is 5.69 Å². The van der Waals surface area contributed by atoms with Crippen molar-refractivity contribution in [1.82, 2.24) is 0 Å². The molecular weight excluding hydrogens is 421 g/mol. The van der Waals surface area contributed by atoms with E-state index in [2.05, 4.69) is 140 Å². The van der Waals surface area contributed by atoms with E-state index in [0.29, 0.717) is 0 Å². The number of hydrogen-bond donors (Lipinski definition) is 0. The average molecular weight is 445 g/mol. The molecule has 0 radical (unpaired) electrons. The van der Waals surface area contributed by atoms with Gasteiger partial charge in [-0.15, -0.1) is 0 Å². The number of hydrogen-bond acceptors (Lipinski definition) is 1. The van der Waals surface area contributed by atoms with Crippen LogP contribution in [0, 0.1) is 0 Å². The number of aliphatic imine (C=N–C) groups is 1. The van der Waals surface area contributed by atoms with E-state index in [1.54, 1.807) is 0 Å². The van der Waals surface area contributed by atoms with Gasteiger partial charge in [0.25, 0.3) is 0 Å². The van der Waals surface area contributed by atoms with E-state index in [-0.39, 0.29) is 6.71 Å². The van der Waals surface area contributed by atoms with Crippen molar-refractivity contribution in [3.8, 4) is 0 Å². The molecule has 35 heavy (non-hydrogen) atoms. The average Bonchev–Trinajstić information content (AvgIpc) is 2.92. The van der Waals surface area contributed by atoms with E-state index < -0.39 is 0 Å². The smallest absolute Gasteiger partial charge is 0.242 e. The van der Waals surface area contributed by atoms with Crippen LogP contribution in [0.15, 0.2) is 145 Å². The summed E-state index contributed by atoms with van der Waals surface area (Å²) in [5, 5.41) is 4.95. The predicted molar refractivity (Wildman–Crippen MR) is 153 cm³/mol. The molecule has 164 valence electrons. The van der Waals surface area contributed by atoms with E-state index in [4.69, 9.17) is 4.99 Å². The zero-order valence-corrected chi connectivity index (χ0v) is 19.4. The highest BCUT2D eigenvalue weighted by Crippen LogP contribution is 2.26. The molecule has 0 N–H and O–H groups in total. The lowest BCUT2D eigenvalue weighted by molar-refractivity contribution is 1.56. The van der Waals surface area contributed by atoms with Crippen LogP contribution in [-0.2, 0) is 0 Å². The third kappa shape index (κ3) is 4.39. The second kappa shape index (κ2) is 9.44. The third-order valence-electron chi connectivity index (χ3n) is 6.61. The maximum atomic E-state index is 4.91. The van der Waals surface area contributed by atoms with Crippen LogP contribution in [0.1, 0.15) is 5.56 Å². The summed E-state index contributed by atoms with van der Waals surface area (Å²) in [4.78, 5) is 4.91. The molecule has 0 spiro atoms. The fourth-order valence-corrected chi connectivity index (χ4v) is 4.89. The Kier molecular flexibility index (Phi) is 5.70. The molecule has 0 aliphatic heterocycles. The maximum Gasteiger partial charge on any atom is 0.242 e. The van der Waals surface area contributed by atoms with E-state index in [9.17, 15) is 0 Å². The SMILES string of the molecule is C(=Nc1ccc2cc3ccccc3cc2c1)c1ccccc1B(c1ccccc1)c1ccccc1. The van der Waals surface area contributed by atoms with Gasteiger partial charge in [0.05, 0.1) is 5.69 Å². The summed E-state index contributed by atoms with van der Waals surface area (Å²) in [5.41, 5.74) is 5.89. The molecule has 0 atom stereocenters. The maximum absolute atomic E-state index is 4.91. The van der Waals surface area contributed by atoms with Crippen molar-refractivity contribution in [2.45, 2.75) is 0 Å². The monoisotopic (exact) mass is 445 g/mol. The molecule has 1 nitrogen and oxygen atoms in total. The first-order valence-electron chi connectivity index (χ1n) is 12.0. The normalized spacial score (nSPS) is 11.3. The van der Waals surface area contributed by atoms with Gasteiger partial charge in [-0.2, -0.15) is 0 Å². The van der Waals surface area contributed by atoms with Gasteiger partial charge in [0.15, 0.2) is 0 Å². The summed E-state index contributed by atoms with van der Waals surface area (Å²) in [6.45, 7) is 0.142. The lowest BCUT2D eigenvalue weighted by atomic mass is 9.36. The van der Waals surface area contributed by atoms with Gasteiger partial charge >= 0.3 is 0 Å². The van der Waals surface area contributed by atoms with Gasteiger partial charge in [0.1, 0.15) is 0 Å². The lowest BCUT2D eigenvalue weighted by Crippen LogP contribution is -2.53. The van der Waals surface area contributed by atoms with Gasteiger partial charge in [-0.25, -0.2) is 0 Å². The van der Waals surface area contributed by atoms with Crippen molar-refractivity contribution in [1.29, 1.82) is 0 Å². The Balaban J connectivity index is 1.41. The van der Waals surface area contributed by atoms with Gasteiger partial charge in [-0.3, -0.25) is 4.99 Å². The first-order valence-corrected chi connectivity index (χ1v) is 12.0. The van der Waals surface area contributed by atoms with Crippen LogP contribution in [-0.4, -0.2) is 12.9 Å². The summed E-state index contributed by atoms with van der Waals surface area (Å²) in [7, 11) is 0. The fourth-order valence-electron chi connectivity index (χ4n) is 4.89. The topological polar surface area (TPSA) is 12.4 Å². The zero-order chi connectivity index (χ0) is 23.5. The molecule has 0 aliphatic carbocycles. The van der Waals surface area contributed by atoms with Crippen LogP contribution in [0.25, 0.3) is 21.5 Å². The second-order valence-corrected chi connectivity index (χ2v) is 8.87. The zero-order valence-electron chi connectivity index (χ0n) is 19.4. The standard InChI is InChI=1S/C33H24BN/c1-3-14-30(15-4-1)34(31-16-5-2-6-17-31)33-18-10-9-13-28(33)24-35-32-20-19-27-21-25-11-7-8-12-26(25)22-29(27)23-32/h1-24H. The minimum atomic E-state index is 0.142. The Bertz CT molecular complexity index is 1600. The molecule has 0 unspecified atom stereocenters. The molecule has 0 bridgehead atoms. The number of fused-ring (bicyclic) bond motifs is 2. The van der Waals surface area contributed by atoms with Crippen molar-refractivity contribution in [2.75, 3.05) is 0 Å². The largest absolute Gasteiger partial charge is 0.256 e. The quantitative estimate of drug-likeness (QED) is 0.169. The van der Waals surface area contributed by atoms with Crippen molar-refractivity contribution in [3.05, 3.63) is 145 Å². The minimum absolute atomic E-state index is 0.142. The molecule has 0 heterocycles. The third-order valence-corrected chi connectivity index (χ3v) is 6.61. The molecular formula is C33H24BN. The number of nitrogens with zero attached hydrogens (tertiary/aromatic N) is 1. The summed E-state index contributed by atoms with van der Waals surface area (Å²) in [6, 6.07) is 49.4. The number of benzene rings is 6. The molecule has 6 rings (SSSR count). The minimum Gasteiger partial charge on any atom is -0.256 e. The van der Waals surface area contributed by atoms with E-state index in [1.165, 1.54) is 37.9 Å². The Morgan fingerprint density at radius 1 is 0.457 bits per heavy atom. The van der Waals surface area contributed by atoms with Crippen molar-refractivity contribution < 1.29 is 0 Å². The molecule has 2 heteroatoms. The Morgan fingerprint density at radius 3 is 1.69 bits per heavy atom. The highest BCUT2D eigenvalue weighted by atomic mass is 14.7. The van der Waals surface area contributed by atoms with Crippen LogP contribution in [0.3, 0.4) is 0 Å². The van der Waals surface area contributed by atoms with Crippen LogP contribution in [0.2, 0.25) is 0 Å². The molecule has 6 aromatic carbocycles. The lowest BCUT2D eigenvalue weighted by Gasteiger charge is -2.17. The van der Waals surface area contributed by atoms with E-state index in [1.807, 2.05) is 6.21 Å². The van der Waals surface area contributed by atoms with E-state index in [0.717, 1.165) is 11.3 Å². The fraction of sp³-hybridized carbons (Fsp3) is 0. The molecule has 6 aromatic rings. The van der Waals surface area contributed by atoms with Crippen molar-refractivity contribution in [3.63, 3.8) is 0 Å². The molecule has 0 aliphatic rings. The van der Waals surface area contributed by atoms with Crippen molar-refractivity contribution in [2.24, 2.45) is 4.99 Å². The van der Waals surface area contributed by atoms with Crippen LogP contribution in [0.5, 0.6) is 0 Å². The molecule has 0 aromatic heterocycles. The Labute approximate surface area is 206 Å². The summed E-state index contributed by atoms with van der Waals surface area (Å²) < 4.78 is 0. The highest BCUT2D eigenvalue weighted by Gasteiger charge is 2.23. The Hall–Kier alpha value is -4.43. The van der Waals surface area contributed by atoms with Gasteiger partial charge in [0, 0.05) is 6.21 Å². The highest BCUT2D eigenvalue weighted by molar-refractivity contribution is 6.96. The second-order valence-electron chi connectivity index (χ2n) is 8.87. The van der Waals surface area contributed by atoms with Gasteiger partial charge in [-0.1, -0.05) is 132 Å². The Morgan fingerprint density at radius 2 is 1.00 bits per heavy atom. The van der Waals surface area contributed by atoms with Gasteiger partial charge in [0.2, 0.25) is 6.71 Å². The van der Waals surface area contributed by atoms with Gasteiger partial charge < -0.3 is 0 Å². The first-order chi connectivity index (χ1) is 17.3. The molecule has 0 amide bonds. The predicted octanol–water partition coefficient (Wildman–Crippen LogP) is 6.26. The van der Waals surface area contributed by atoms with E-state index >= 15 is 0 Å². The van der Waals surface area contributed by atoms with Gasteiger partial charge in [-0.05, 0) is 51.4 Å².